The third-order valence-corrected chi connectivity index (χ3v) is 5.55. The predicted molar refractivity (Wildman–Crippen MR) is 109 cm³/mol. The number of amides is 2. The van der Waals surface area contributed by atoms with Crippen molar-refractivity contribution in [1.29, 1.82) is 0 Å². The number of carbonyl (C=O) groups is 2. The van der Waals surface area contributed by atoms with Gasteiger partial charge in [0.2, 0.25) is 5.82 Å². The van der Waals surface area contributed by atoms with Gasteiger partial charge in [-0.15, -0.1) is 16.4 Å². The Hall–Kier alpha value is -3.27. The molecule has 4 rings (SSSR count). The fourth-order valence-electron chi connectivity index (χ4n) is 3.20. The molecule has 30 heavy (non-hydrogen) atoms. The largest absolute Gasteiger partial charge is 0.450 e. The van der Waals surface area contributed by atoms with Gasteiger partial charge in [0, 0.05) is 26.2 Å². The van der Waals surface area contributed by atoms with Gasteiger partial charge in [-0.05, 0) is 36.6 Å². The maximum Gasteiger partial charge on any atom is 0.409 e. The summed E-state index contributed by atoms with van der Waals surface area (Å²) in [5.74, 6) is -0.217. The van der Waals surface area contributed by atoms with E-state index in [1.807, 2.05) is 17.5 Å². The standard InChI is InChI=1S/C20H20FN5O3S/c1-2-29-20(28)25-10-8-24(9-11-25)19(27)17-22-18(16-7-4-12-30-16)26(23-17)15-6-3-5-14(21)13-15/h3-7,12-13H,2,8-11H2,1H3. The highest BCUT2D eigenvalue weighted by Gasteiger charge is 2.29. The van der Waals surface area contributed by atoms with Gasteiger partial charge in [-0.2, -0.15) is 0 Å². The summed E-state index contributed by atoms with van der Waals surface area (Å²) >= 11 is 1.46. The quantitative estimate of drug-likeness (QED) is 0.637. The zero-order valence-electron chi connectivity index (χ0n) is 16.3. The number of aromatic nitrogens is 3. The van der Waals surface area contributed by atoms with Gasteiger partial charge in [0.1, 0.15) is 5.82 Å². The first kappa shape index (κ1) is 20.0. The van der Waals surface area contributed by atoms with Crippen LogP contribution in [0.25, 0.3) is 16.4 Å². The van der Waals surface area contributed by atoms with Crippen molar-refractivity contribution in [1.82, 2.24) is 24.6 Å². The van der Waals surface area contributed by atoms with Crippen LogP contribution in [0.3, 0.4) is 0 Å². The van der Waals surface area contributed by atoms with Crippen molar-refractivity contribution < 1.29 is 18.7 Å². The zero-order chi connectivity index (χ0) is 21.1. The van der Waals surface area contributed by atoms with Gasteiger partial charge < -0.3 is 14.5 Å². The number of hydrogen-bond acceptors (Lipinski definition) is 6. The lowest BCUT2D eigenvalue weighted by Gasteiger charge is -2.33. The summed E-state index contributed by atoms with van der Waals surface area (Å²) in [6.07, 6.45) is -0.377. The van der Waals surface area contributed by atoms with Crippen molar-refractivity contribution in [3.63, 3.8) is 0 Å². The molecule has 1 aromatic carbocycles. The highest BCUT2D eigenvalue weighted by atomic mass is 32.1. The SMILES string of the molecule is CCOC(=O)N1CCN(C(=O)c2nc(-c3cccs3)n(-c3cccc(F)c3)n2)CC1. The molecule has 2 amide bonds. The van der Waals surface area contributed by atoms with Gasteiger partial charge in [0.05, 0.1) is 17.2 Å². The van der Waals surface area contributed by atoms with E-state index in [1.165, 1.54) is 28.2 Å². The second kappa shape index (κ2) is 8.62. The van der Waals surface area contributed by atoms with Crippen LogP contribution in [0.4, 0.5) is 9.18 Å². The minimum atomic E-state index is -0.400. The van der Waals surface area contributed by atoms with E-state index in [-0.39, 0.29) is 17.8 Å². The Kier molecular flexibility index (Phi) is 5.75. The molecule has 3 heterocycles. The first-order chi connectivity index (χ1) is 14.6. The Bertz CT molecular complexity index is 1040. The lowest BCUT2D eigenvalue weighted by molar-refractivity contribution is 0.0561. The van der Waals surface area contributed by atoms with Gasteiger partial charge in [-0.3, -0.25) is 4.79 Å². The third-order valence-electron chi connectivity index (χ3n) is 4.69. The van der Waals surface area contributed by atoms with Crippen LogP contribution in [0.15, 0.2) is 41.8 Å². The number of carbonyl (C=O) groups excluding carboxylic acids is 2. The molecule has 0 atom stereocenters. The summed E-state index contributed by atoms with van der Waals surface area (Å²) in [6.45, 7) is 3.55. The lowest BCUT2D eigenvalue weighted by atomic mass is 10.3. The van der Waals surface area contributed by atoms with E-state index in [4.69, 9.17) is 4.74 Å². The van der Waals surface area contributed by atoms with Crippen LogP contribution in [0.5, 0.6) is 0 Å². The summed E-state index contributed by atoms with van der Waals surface area (Å²) in [5.41, 5.74) is 0.483. The highest BCUT2D eigenvalue weighted by Crippen LogP contribution is 2.26. The van der Waals surface area contributed by atoms with Gasteiger partial charge in [-0.1, -0.05) is 12.1 Å². The molecular formula is C20H20FN5O3S. The number of hydrogen-bond donors (Lipinski definition) is 0. The van der Waals surface area contributed by atoms with Gasteiger partial charge >= 0.3 is 6.09 Å². The van der Waals surface area contributed by atoms with Crippen LogP contribution in [-0.2, 0) is 4.74 Å². The third kappa shape index (κ3) is 4.04. The monoisotopic (exact) mass is 429 g/mol. The van der Waals surface area contributed by atoms with Gasteiger partial charge in [0.25, 0.3) is 5.91 Å². The fraction of sp³-hybridized carbons (Fsp3) is 0.300. The molecule has 8 nitrogen and oxygen atoms in total. The predicted octanol–water partition coefficient (Wildman–Crippen LogP) is 3.05. The van der Waals surface area contributed by atoms with Crippen molar-refractivity contribution in [3.8, 4) is 16.4 Å². The number of piperazine rings is 1. The Morgan fingerprint density at radius 3 is 2.57 bits per heavy atom. The molecule has 0 aliphatic carbocycles. The molecule has 0 bridgehead atoms. The summed E-state index contributed by atoms with van der Waals surface area (Å²) in [4.78, 5) is 33.3. The molecule has 2 aromatic heterocycles. The van der Waals surface area contributed by atoms with E-state index in [2.05, 4.69) is 10.1 Å². The topological polar surface area (TPSA) is 80.6 Å². The van der Waals surface area contributed by atoms with Crippen LogP contribution in [0, 0.1) is 5.82 Å². The van der Waals surface area contributed by atoms with E-state index in [0.717, 1.165) is 4.88 Å². The number of thiophene rings is 1. The van der Waals surface area contributed by atoms with E-state index in [0.29, 0.717) is 44.3 Å². The van der Waals surface area contributed by atoms with Crippen molar-refractivity contribution in [2.24, 2.45) is 0 Å². The molecule has 1 aliphatic heterocycles. The Morgan fingerprint density at radius 1 is 1.13 bits per heavy atom. The molecule has 3 aromatic rings. The van der Waals surface area contributed by atoms with E-state index in [9.17, 15) is 14.0 Å². The van der Waals surface area contributed by atoms with Gasteiger partial charge in [0.15, 0.2) is 5.82 Å². The lowest BCUT2D eigenvalue weighted by Crippen LogP contribution is -2.51. The Balaban J connectivity index is 1.58. The number of halogens is 1. The minimum Gasteiger partial charge on any atom is -0.450 e. The van der Waals surface area contributed by atoms with Crippen LogP contribution < -0.4 is 0 Å². The first-order valence-corrected chi connectivity index (χ1v) is 10.4. The zero-order valence-corrected chi connectivity index (χ0v) is 17.1. The number of benzene rings is 1. The summed E-state index contributed by atoms with van der Waals surface area (Å²) in [7, 11) is 0. The van der Waals surface area contributed by atoms with Crippen molar-refractivity contribution in [3.05, 3.63) is 53.4 Å². The number of ether oxygens (including phenoxy) is 1. The minimum absolute atomic E-state index is 0.0345. The molecule has 0 radical (unpaired) electrons. The van der Waals surface area contributed by atoms with Crippen LogP contribution in [-0.4, -0.2) is 69.4 Å². The number of rotatable bonds is 4. The van der Waals surface area contributed by atoms with Crippen LogP contribution in [0.2, 0.25) is 0 Å². The van der Waals surface area contributed by atoms with E-state index < -0.39 is 5.82 Å². The summed E-state index contributed by atoms with van der Waals surface area (Å²) in [6, 6.07) is 9.73. The highest BCUT2D eigenvalue weighted by molar-refractivity contribution is 7.13. The molecular weight excluding hydrogens is 409 g/mol. The summed E-state index contributed by atoms with van der Waals surface area (Å²) < 4.78 is 20.3. The smallest absolute Gasteiger partial charge is 0.409 e. The Morgan fingerprint density at radius 2 is 1.90 bits per heavy atom. The summed E-state index contributed by atoms with van der Waals surface area (Å²) in [5, 5.41) is 6.28. The molecule has 0 N–H and O–H groups in total. The van der Waals surface area contributed by atoms with Crippen LogP contribution >= 0.6 is 11.3 Å². The van der Waals surface area contributed by atoms with Crippen molar-refractivity contribution in [2.45, 2.75) is 6.92 Å². The second-order valence-electron chi connectivity index (χ2n) is 6.61. The maximum atomic E-state index is 13.8. The molecule has 1 fully saturated rings. The second-order valence-corrected chi connectivity index (χ2v) is 7.55. The average Bonchev–Trinajstić information content (AvgIpc) is 3.43. The van der Waals surface area contributed by atoms with Gasteiger partial charge in [-0.25, -0.2) is 18.9 Å². The van der Waals surface area contributed by atoms with Crippen molar-refractivity contribution in [2.75, 3.05) is 32.8 Å². The molecule has 0 unspecified atom stereocenters. The average molecular weight is 429 g/mol. The normalized spacial score (nSPS) is 14.1. The maximum absolute atomic E-state index is 13.8. The van der Waals surface area contributed by atoms with E-state index in [1.54, 1.807) is 28.9 Å². The molecule has 1 aliphatic rings. The number of nitrogens with zero attached hydrogens (tertiary/aromatic N) is 5. The van der Waals surface area contributed by atoms with E-state index >= 15 is 0 Å². The van der Waals surface area contributed by atoms with Crippen molar-refractivity contribution >= 4 is 23.3 Å². The molecule has 1 saturated heterocycles. The Labute approximate surface area is 176 Å². The van der Waals surface area contributed by atoms with Crippen LogP contribution in [0.1, 0.15) is 17.5 Å². The fourth-order valence-corrected chi connectivity index (χ4v) is 3.90. The molecule has 156 valence electrons. The molecule has 0 saturated carbocycles. The molecule has 10 heteroatoms. The first-order valence-electron chi connectivity index (χ1n) is 9.54. The molecule has 0 spiro atoms.